The summed E-state index contributed by atoms with van der Waals surface area (Å²) in [6, 6.07) is 16.2. The van der Waals surface area contributed by atoms with E-state index in [4.69, 9.17) is 0 Å². The molecular formula is C19H20O2. The minimum absolute atomic E-state index is 0.570. The molecule has 1 atom stereocenters. The first-order valence-corrected chi connectivity index (χ1v) is 7.49. The van der Waals surface area contributed by atoms with Gasteiger partial charge in [0.25, 0.3) is 0 Å². The van der Waals surface area contributed by atoms with E-state index in [1.165, 1.54) is 11.1 Å². The summed E-state index contributed by atoms with van der Waals surface area (Å²) in [6.07, 6.45) is 3.21. The van der Waals surface area contributed by atoms with E-state index in [0.29, 0.717) is 12.8 Å². The number of carboxylic acid groups (broad SMARTS) is 1. The number of fused-ring (bicyclic) bond motifs is 1. The van der Waals surface area contributed by atoms with Gasteiger partial charge in [-0.25, -0.2) is 0 Å². The minimum atomic E-state index is -0.775. The molecule has 2 aromatic rings. The standard InChI is InChI=1S/C19H20O2/c1-14-6-4-7-15(12-14)13-19(18(20)21)11-5-9-16-8-2-3-10-17(16)19/h2-4,6-8,10,12H,5,9,11,13H2,1H3,(H,20,21). The van der Waals surface area contributed by atoms with E-state index in [-0.39, 0.29) is 0 Å². The third-order valence-electron chi connectivity index (χ3n) is 4.58. The lowest BCUT2D eigenvalue weighted by Crippen LogP contribution is -2.41. The van der Waals surface area contributed by atoms with E-state index in [2.05, 4.69) is 12.1 Å². The largest absolute Gasteiger partial charge is 0.481 e. The molecule has 0 amide bonds. The number of rotatable bonds is 3. The van der Waals surface area contributed by atoms with Gasteiger partial charge >= 0.3 is 5.97 Å². The van der Waals surface area contributed by atoms with Crippen LogP contribution in [0.3, 0.4) is 0 Å². The van der Waals surface area contributed by atoms with Gasteiger partial charge in [-0.2, -0.15) is 0 Å². The van der Waals surface area contributed by atoms with Crippen LogP contribution in [0, 0.1) is 6.92 Å². The highest BCUT2D eigenvalue weighted by Gasteiger charge is 2.43. The fourth-order valence-corrected chi connectivity index (χ4v) is 3.57. The average Bonchev–Trinajstić information content (AvgIpc) is 2.47. The Kier molecular flexibility index (Phi) is 3.54. The first-order chi connectivity index (χ1) is 10.1. The second-order valence-corrected chi connectivity index (χ2v) is 6.06. The van der Waals surface area contributed by atoms with Gasteiger partial charge in [-0.05, 0) is 49.3 Å². The van der Waals surface area contributed by atoms with Crippen molar-refractivity contribution in [2.45, 2.75) is 38.0 Å². The number of benzene rings is 2. The summed E-state index contributed by atoms with van der Waals surface area (Å²) in [5.41, 5.74) is 3.71. The summed E-state index contributed by atoms with van der Waals surface area (Å²) in [4.78, 5) is 12.1. The van der Waals surface area contributed by atoms with Crippen molar-refractivity contribution in [2.24, 2.45) is 0 Å². The zero-order valence-electron chi connectivity index (χ0n) is 12.3. The molecule has 2 aromatic carbocycles. The number of carboxylic acids is 1. The molecule has 0 aliphatic heterocycles. The summed E-state index contributed by atoms with van der Waals surface area (Å²) in [5, 5.41) is 9.97. The Balaban J connectivity index is 2.08. The van der Waals surface area contributed by atoms with Gasteiger partial charge in [0, 0.05) is 0 Å². The Morgan fingerprint density at radius 1 is 1.19 bits per heavy atom. The quantitative estimate of drug-likeness (QED) is 0.926. The van der Waals surface area contributed by atoms with E-state index in [1.54, 1.807) is 0 Å². The van der Waals surface area contributed by atoms with Crippen LogP contribution in [0.1, 0.15) is 35.1 Å². The Hall–Kier alpha value is -2.09. The topological polar surface area (TPSA) is 37.3 Å². The minimum Gasteiger partial charge on any atom is -0.481 e. The highest BCUT2D eigenvalue weighted by atomic mass is 16.4. The van der Waals surface area contributed by atoms with Gasteiger partial charge in [0.2, 0.25) is 0 Å². The Morgan fingerprint density at radius 3 is 2.76 bits per heavy atom. The maximum atomic E-state index is 12.1. The maximum absolute atomic E-state index is 12.1. The summed E-state index contributed by atoms with van der Waals surface area (Å²) in [7, 11) is 0. The van der Waals surface area contributed by atoms with Gasteiger partial charge in [0.1, 0.15) is 0 Å². The number of hydrogen-bond donors (Lipinski definition) is 1. The zero-order valence-corrected chi connectivity index (χ0v) is 12.3. The lowest BCUT2D eigenvalue weighted by atomic mass is 9.67. The molecule has 0 heterocycles. The van der Waals surface area contributed by atoms with Gasteiger partial charge in [-0.3, -0.25) is 4.79 Å². The fraction of sp³-hybridized carbons (Fsp3) is 0.316. The Morgan fingerprint density at radius 2 is 2.00 bits per heavy atom. The van der Waals surface area contributed by atoms with Crippen molar-refractivity contribution in [1.29, 1.82) is 0 Å². The molecule has 0 saturated heterocycles. The lowest BCUT2D eigenvalue weighted by molar-refractivity contribution is -0.144. The fourth-order valence-electron chi connectivity index (χ4n) is 3.57. The number of hydrogen-bond acceptors (Lipinski definition) is 1. The number of aryl methyl sites for hydroxylation is 2. The predicted molar refractivity (Wildman–Crippen MR) is 83.6 cm³/mol. The van der Waals surface area contributed by atoms with Crippen molar-refractivity contribution >= 4 is 5.97 Å². The molecule has 0 saturated carbocycles. The number of aliphatic carboxylic acids is 1. The molecule has 0 spiro atoms. The SMILES string of the molecule is Cc1cccc(CC2(C(=O)O)CCCc3ccccc32)c1. The van der Waals surface area contributed by atoms with Gasteiger partial charge in [0.15, 0.2) is 0 Å². The third-order valence-corrected chi connectivity index (χ3v) is 4.58. The molecule has 1 unspecified atom stereocenters. The van der Waals surface area contributed by atoms with Gasteiger partial charge < -0.3 is 5.11 Å². The van der Waals surface area contributed by atoms with Crippen LogP contribution in [0.5, 0.6) is 0 Å². The molecule has 2 nitrogen and oxygen atoms in total. The zero-order chi connectivity index (χ0) is 14.9. The summed E-state index contributed by atoms with van der Waals surface area (Å²) < 4.78 is 0. The normalized spacial score (nSPS) is 20.8. The monoisotopic (exact) mass is 280 g/mol. The second kappa shape index (κ2) is 5.36. The highest BCUT2D eigenvalue weighted by molar-refractivity contribution is 5.83. The van der Waals surface area contributed by atoms with Crippen LogP contribution in [0.15, 0.2) is 48.5 Å². The van der Waals surface area contributed by atoms with Crippen LogP contribution >= 0.6 is 0 Å². The molecule has 3 rings (SSSR count). The van der Waals surface area contributed by atoms with E-state index in [9.17, 15) is 9.90 Å². The molecule has 0 fully saturated rings. The molecule has 1 aliphatic carbocycles. The molecule has 21 heavy (non-hydrogen) atoms. The van der Waals surface area contributed by atoms with Crippen LogP contribution < -0.4 is 0 Å². The van der Waals surface area contributed by atoms with Crippen molar-refractivity contribution < 1.29 is 9.90 Å². The molecule has 0 aromatic heterocycles. The van der Waals surface area contributed by atoms with Crippen molar-refractivity contribution in [2.75, 3.05) is 0 Å². The Bertz CT molecular complexity index is 675. The van der Waals surface area contributed by atoms with Gasteiger partial charge in [-0.1, -0.05) is 54.1 Å². The second-order valence-electron chi connectivity index (χ2n) is 6.06. The van der Waals surface area contributed by atoms with Crippen molar-refractivity contribution in [3.8, 4) is 0 Å². The maximum Gasteiger partial charge on any atom is 0.314 e. The Labute approximate surface area is 125 Å². The molecule has 2 heteroatoms. The molecule has 0 bridgehead atoms. The van der Waals surface area contributed by atoms with Crippen molar-refractivity contribution in [3.05, 3.63) is 70.8 Å². The first-order valence-electron chi connectivity index (χ1n) is 7.49. The average molecular weight is 280 g/mol. The van der Waals surface area contributed by atoms with Crippen LogP contribution in [0.2, 0.25) is 0 Å². The smallest absolute Gasteiger partial charge is 0.314 e. The molecule has 1 aliphatic rings. The first kappa shape index (κ1) is 13.9. The third kappa shape index (κ3) is 2.46. The van der Waals surface area contributed by atoms with E-state index in [0.717, 1.165) is 24.0 Å². The van der Waals surface area contributed by atoms with Crippen LogP contribution in [-0.4, -0.2) is 11.1 Å². The van der Waals surface area contributed by atoms with Crippen molar-refractivity contribution in [3.63, 3.8) is 0 Å². The van der Waals surface area contributed by atoms with Gasteiger partial charge in [-0.15, -0.1) is 0 Å². The number of carbonyl (C=O) groups is 1. The van der Waals surface area contributed by atoms with E-state index in [1.807, 2.05) is 43.3 Å². The molecular weight excluding hydrogens is 260 g/mol. The van der Waals surface area contributed by atoms with Crippen LogP contribution in [0.4, 0.5) is 0 Å². The molecule has 108 valence electrons. The van der Waals surface area contributed by atoms with Crippen LogP contribution in [0.25, 0.3) is 0 Å². The lowest BCUT2D eigenvalue weighted by Gasteiger charge is -2.35. The molecule has 0 radical (unpaired) electrons. The van der Waals surface area contributed by atoms with E-state index >= 15 is 0 Å². The van der Waals surface area contributed by atoms with Crippen LogP contribution in [-0.2, 0) is 23.1 Å². The van der Waals surface area contributed by atoms with Crippen molar-refractivity contribution in [1.82, 2.24) is 0 Å². The summed E-state index contributed by atoms with van der Waals surface area (Å²) >= 11 is 0. The van der Waals surface area contributed by atoms with E-state index < -0.39 is 11.4 Å². The molecule has 1 N–H and O–H groups in total. The summed E-state index contributed by atoms with van der Waals surface area (Å²) in [5.74, 6) is -0.698. The summed E-state index contributed by atoms with van der Waals surface area (Å²) in [6.45, 7) is 2.05. The predicted octanol–water partition coefficient (Wildman–Crippen LogP) is 3.90. The van der Waals surface area contributed by atoms with Gasteiger partial charge in [0.05, 0.1) is 5.41 Å². The highest BCUT2D eigenvalue weighted by Crippen LogP contribution is 2.40.